The molecule has 2 heterocycles. The monoisotopic (exact) mass is 356 g/mol. The Balaban J connectivity index is 1.80. The molecule has 0 aliphatic heterocycles. The zero-order valence-electron chi connectivity index (χ0n) is 12.0. The number of nitrogens with zero attached hydrogens (tertiary/aromatic N) is 3. The second-order valence-electron chi connectivity index (χ2n) is 4.63. The molecule has 2 aromatic heterocycles. The minimum Gasteiger partial charge on any atom is -0.378 e. The Morgan fingerprint density at radius 1 is 1.40 bits per heavy atom. The highest BCUT2D eigenvalue weighted by molar-refractivity contribution is 9.11. The summed E-state index contributed by atoms with van der Waals surface area (Å²) in [5, 5.41) is 9.95. The molecule has 0 unspecified atom stereocenters. The number of hydrogen-bond donors (Lipinski definition) is 1. The van der Waals surface area contributed by atoms with E-state index in [-0.39, 0.29) is 0 Å². The first-order valence-corrected chi connectivity index (χ1v) is 8.60. The average molecular weight is 357 g/mol. The maximum atomic E-state index is 4.40. The molecule has 2 aromatic rings. The molecule has 0 spiro atoms. The van der Waals surface area contributed by atoms with Gasteiger partial charge >= 0.3 is 0 Å². The predicted octanol–water partition coefficient (Wildman–Crippen LogP) is 3.66. The molecule has 0 saturated carbocycles. The lowest BCUT2D eigenvalue weighted by molar-refractivity contribution is 0.285. The summed E-state index contributed by atoms with van der Waals surface area (Å²) in [4.78, 5) is 2.40. The van der Waals surface area contributed by atoms with Crippen LogP contribution in [0, 0.1) is 0 Å². The summed E-state index contributed by atoms with van der Waals surface area (Å²) in [6, 6.07) is 2.14. The number of halogens is 1. The van der Waals surface area contributed by atoms with E-state index in [0.29, 0.717) is 0 Å². The molecule has 0 aliphatic rings. The van der Waals surface area contributed by atoms with Gasteiger partial charge in [0, 0.05) is 19.3 Å². The lowest BCUT2D eigenvalue weighted by atomic mass is 10.3. The molecule has 0 atom stereocenters. The summed E-state index contributed by atoms with van der Waals surface area (Å²) < 4.78 is 3.17. The first-order valence-electron chi connectivity index (χ1n) is 6.92. The molecule has 0 saturated heterocycles. The normalized spacial score (nSPS) is 11.2. The highest BCUT2D eigenvalue weighted by atomic mass is 79.9. The van der Waals surface area contributed by atoms with Gasteiger partial charge in [0.1, 0.15) is 0 Å². The third-order valence-corrected chi connectivity index (χ3v) is 4.84. The zero-order valence-corrected chi connectivity index (χ0v) is 14.4. The number of nitrogens with one attached hydrogen (secondary N) is 1. The maximum absolute atomic E-state index is 4.40. The van der Waals surface area contributed by atoms with Crippen LogP contribution in [0.5, 0.6) is 0 Å². The number of anilines is 1. The van der Waals surface area contributed by atoms with Crippen LogP contribution in [0.4, 0.5) is 5.69 Å². The van der Waals surface area contributed by atoms with E-state index in [1.807, 2.05) is 10.9 Å². The summed E-state index contributed by atoms with van der Waals surface area (Å²) in [7, 11) is 0. The van der Waals surface area contributed by atoms with Gasteiger partial charge in [-0.05, 0) is 46.0 Å². The fourth-order valence-corrected chi connectivity index (χ4v) is 3.21. The van der Waals surface area contributed by atoms with Gasteiger partial charge in [0.25, 0.3) is 0 Å². The van der Waals surface area contributed by atoms with Gasteiger partial charge in [-0.2, -0.15) is 5.10 Å². The molecule has 0 amide bonds. The summed E-state index contributed by atoms with van der Waals surface area (Å²) in [5.74, 6) is 0. The minimum atomic E-state index is 0.837. The Morgan fingerprint density at radius 2 is 2.20 bits per heavy atom. The molecule has 0 aliphatic carbocycles. The molecular weight excluding hydrogens is 336 g/mol. The maximum Gasteiger partial charge on any atom is 0.0729 e. The summed E-state index contributed by atoms with van der Waals surface area (Å²) >= 11 is 5.19. The van der Waals surface area contributed by atoms with Gasteiger partial charge in [-0.3, -0.25) is 4.68 Å². The molecule has 0 bridgehead atoms. The highest BCUT2D eigenvalue weighted by Crippen LogP contribution is 2.21. The average Bonchev–Trinajstić information content (AvgIpc) is 3.07. The quantitative estimate of drug-likeness (QED) is 0.783. The van der Waals surface area contributed by atoms with Gasteiger partial charge in [0.05, 0.1) is 22.2 Å². The number of aromatic nitrogens is 2. The van der Waals surface area contributed by atoms with Crippen LogP contribution in [0.15, 0.2) is 27.6 Å². The van der Waals surface area contributed by atoms with E-state index in [1.165, 1.54) is 9.35 Å². The van der Waals surface area contributed by atoms with Gasteiger partial charge in [-0.1, -0.05) is 13.8 Å². The van der Waals surface area contributed by atoms with Crippen molar-refractivity contribution in [1.82, 2.24) is 14.7 Å². The van der Waals surface area contributed by atoms with E-state index in [4.69, 9.17) is 0 Å². The van der Waals surface area contributed by atoms with Crippen molar-refractivity contribution in [2.75, 3.05) is 25.0 Å². The Bertz CT molecular complexity index is 519. The summed E-state index contributed by atoms with van der Waals surface area (Å²) in [5.41, 5.74) is 2.37. The van der Waals surface area contributed by atoms with Gasteiger partial charge in [0.15, 0.2) is 0 Å². The van der Waals surface area contributed by atoms with E-state index >= 15 is 0 Å². The summed E-state index contributed by atoms with van der Waals surface area (Å²) in [6.45, 7) is 9.39. The lowest BCUT2D eigenvalue weighted by Crippen LogP contribution is -2.27. The molecule has 110 valence electrons. The van der Waals surface area contributed by atoms with Crippen LogP contribution >= 0.6 is 27.3 Å². The van der Waals surface area contributed by atoms with E-state index in [0.717, 1.165) is 38.4 Å². The van der Waals surface area contributed by atoms with Crippen molar-refractivity contribution in [3.8, 4) is 0 Å². The van der Waals surface area contributed by atoms with Crippen LogP contribution in [0.25, 0.3) is 0 Å². The molecule has 0 fully saturated rings. The van der Waals surface area contributed by atoms with Crippen molar-refractivity contribution in [2.45, 2.75) is 26.9 Å². The van der Waals surface area contributed by atoms with Crippen LogP contribution in [0.3, 0.4) is 0 Å². The predicted molar refractivity (Wildman–Crippen MR) is 89.4 cm³/mol. The van der Waals surface area contributed by atoms with E-state index < -0.39 is 0 Å². The van der Waals surface area contributed by atoms with Crippen molar-refractivity contribution < 1.29 is 0 Å². The van der Waals surface area contributed by atoms with Crippen LogP contribution in [-0.2, 0) is 13.1 Å². The van der Waals surface area contributed by atoms with E-state index in [2.05, 4.69) is 62.7 Å². The van der Waals surface area contributed by atoms with Gasteiger partial charge in [-0.15, -0.1) is 11.3 Å². The number of thiophene rings is 1. The van der Waals surface area contributed by atoms with Crippen molar-refractivity contribution in [3.05, 3.63) is 33.2 Å². The molecule has 1 N–H and O–H groups in total. The van der Waals surface area contributed by atoms with Crippen molar-refractivity contribution in [3.63, 3.8) is 0 Å². The minimum absolute atomic E-state index is 0.837. The molecule has 2 rings (SSSR count). The summed E-state index contributed by atoms with van der Waals surface area (Å²) in [6.07, 6.45) is 3.97. The number of hydrogen-bond acceptors (Lipinski definition) is 4. The largest absolute Gasteiger partial charge is 0.378 e. The van der Waals surface area contributed by atoms with Crippen molar-refractivity contribution in [1.29, 1.82) is 0 Å². The van der Waals surface area contributed by atoms with Crippen molar-refractivity contribution >= 4 is 33.0 Å². The molecule has 6 heteroatoms. The molecule has 0 aromatic carbocycles. The van der Waals surface area contributed by atoms with E-state index in [1.54, 1.807) is 11.3 Å². The van der Waals surface area contributed by atoms with Crippen LogP contribution in [0.2, 0.25) is 0 Å². The fraction of sp³-hybridized carbons (Fsp3) is 0.500. The topological polar surface area (TPSA) is 33.1 Å². The standard InChI is InChI=1S/C14H21BrN4S/c1-3-18(4-2)5-6-19-10-13(9-17-19)16-8-12-7-14(15)20-11-12/h7,9-11,16H,3-6,8H2,1-2H3. The molecule has 4 nitrogen and oxygen atoms in total. The number of likely N-dealkylation sites (N-methyl/N-ethyl adjacent to an activating group) is 1. The Labute approximate surface area is 132 Å². The number of rotatable bonds is 8. The molecule has 0 radical (unpaired) electrons. The SMILES string of the molecule is CCN(CC)CCn1cc(NCc2csc(Br)c2)cn1. The molecular formula is C14H21BrN4S. The van der Waals surface area contributed by atoms with Crippen LogP contribution in [-0.4, -0.2) is 34.3 Å². The smallest absolute Gasteiger partial charge is 0.0729 e. The Morgan fingerprint density at radius 3 is 2.85 bits per heavy atom. The second kappa shape index (κ2) is 7.81. The van der Waals surface area contributed by atoms with E-state index in [9.17, 15) is 0 Å². The lowest BCUT2D eigenvalue weighted by Gasteiger charge is -2.17. The first kappa shape index (κ1) is 15.5. The third kappa shape index (κ3) is 4.61. The van der Waals surface area contributed by atoms with Gasteiger partial charge in [0.2, 0.25) is 0 Å². The van der Waals surface area contributed by atoms with Crippen LogP contribution < -0.4 is 5.32 Å². The highest BCUT2D eigenvalue weighted by Gasteiger charge is 2.02. The van der Waals surface area contributed by atoms with Crippen LogP contribution in [0.1, 0.15) is 19.4 Å². The molecule has 20 heavy (non-hydrogen) atoms. The third-order valence-electron chi connectivity index (χ3n) is 3.29. The Hall–Kier alpha value is -0.850. The fourth-order valence-electron chi connectivity index (χ4n) is 2.00. The Kier molecular flexibility index (Phi) is 6.06. The second-order valence-corrected chi connectivity index (χ2v) is 6.92. The van der Waals surface area contributed by atoms with Crippen molar-refractivity contribution in [2.24, 2.45) is 0 Å². The first-order chi connectivity index (χ1) is 9.71. The van der Waals surface area contributed by atoms with Gasteiger partial charge in [-0.25, -0.2) is 0 Å². The van der Waals surface area contributed by atoms with Gasteiger partial charge < -0.3 is 10.2 Å². The zero-order chi connectivity index (χ0) is 14.4.